The highest BCUT2D eigenvalue weighted by atomic mass is 19.1. The van der Waals surface area contributed by atoms with Crippen LogP contribution in [-0.2, 0) is 0 Å². The van der Waals surface area contributed by atoms with Crippen molar-refractivity contribution in [1.29, 1.82) is 0 Å². The van der Waals surface area contributed by atoms with Gasteiger partial charge in [-0.1, -0.05) is 0 Å². The minimum absolute atomic E-state index is 0.116. The Morgan fingerprint density at radius 1 is 1.64 bits per heavy atom. The van der Waals surface area contributed by atoms with Gasteiger partial charge < -0.3 is 5.32 Å². The number of hydrogen-bond donors (Lipinski definition) is 1. The summed E-state index contributed by atoms with van der Waals surface area (Å²) in [6.07, 6.45) is 4.07. The number of halogens is 1. The maximum atomic E-state index is 11.5. The number of carbonyl (C=O) groups is 1. The molecule has 0 aliphatic rings. The number of aromatic nitrogens is 2. The van der Waals surface area contributed by atoms with Crippen LogP contribution in [0.5, 0.6) is 0 Å². The van der Waals surface area contributed by atoms with E-state index in [1.54, 1.807) is 0 Å². The summed E-state index contributed by atoms with van der Waals surface area (Å²) in [7, 11) is 0. The summed E-state index contributed by atoms with van der Waals surface area (Å²) >= 11 is 0. The molecule has 0 aliphatic heterocycles. The van der Waals surface area contributed by atoms with Gasteiger partial charge in [0.1, 0.15) is 5.69 Å². The Balaban J connectivity index is 2.69. The number of hydrogen-bond acceptors (Lipinski definition) is 3. The molecule has 0 saturated carbocycles. The highest BCUT2D eigenvalue weighted by Crippen LogP contribution is 1.88. The standard InChI is InChI=1S/C6H6FN3O/c7-4-10-6(11)5-3-8-1-2-9-5/h1-3H,4H2,(H,10,11). The number of nitrogens with zero attached hydrogens (tertiary/aromatic N) is 2. The molecule has 0 unspecified atom stereocenters. The second-order valence-corrected chi connectivity index (χ2v) is 1.73. The van der Waals surface area contributed by atoms with Gasteiger partial charge in [0, 0.05) is 12.4 Å². The van der Waals surface area contributed by atoms with Gasteiger partial charge in [0.05, 0.1) is 6.20 Å². The first-order chi connectivity index (χ1) is 5.34. The fraction of sp³-hybridized carbons (Fsp3) is 0.167. The molecule has 0 atom stereocenters. The molecule has 4 nitrogen and oxygen atoms in total. The molecule has 1 heterocycles. The average molecular weight is 155 g/mol. The monoisotopic (exact) mass is 155 g/mol. The predicted molar refractivity (Wildman–Crippen MR) is 35.5 cm³/mol. The summed E-state index contributed by atoms with van der Waals surface area (Å²) < 4.78 is 11.5. The van der Waals surface area contributed by atoms with Crippen LogP contribution < -0.4 is 5.32 Å². The lowest BCUT2D eigenvalue weighted by atomic mass is 10.4. The molecule has 0 radical (unpaired) electrons. The molecule has 1 aromatic rings. The fourth-order valence-corrected chi connectivity index (χ4v) is 0.568. The maximum Gasteiger partial charge on any atom is 0.273 e. The van der Waals surface area contributed by atoms with Crippen molar-refractivity contribution in [3.05, 3.63) is 24.3 Å². The summed E-state index contributed by atoms with van der Waals surface area (Å²) in [6.45, 7) is -0.893. The largest absolute Gasteiger partial charge is 0.323 e. The first-order valence-electron chi connectivity index (χ1n) is 2.95. The second-order valence-electron chi connectivity index (χ2n) is 1.73. The van der Waals surface area contributed by atoms with E-state index >= 15 is 0 Å². The molecule has 1 aromatic heterocycles. The van der Waals surface area contributed by atoms with Gasteiger partial charge in [-0.05, 0) is 0 Å². The summed E-state index contributed by atoms with van der Waals surface area (Å²) in [4.78, 5) is 18.1. The Morgan fingerprint density at radius 3 is 3.00 bits per heavy atom. The molecular weight excluding hydrogens is 149 g/mol. The van der Waals surface area contributed by atoms with Crippen LogP contribution in [0.2, 0.25) is 0 Å². The van der Waals surface area contributed by atoms with Gasteiger partial charge in [-0.25, -0.2) is 9.37 Å². The van der Waals surface area contributed by atoms with Crippen LogP contribution in [-0.4, -0.2) is 22.7 Å². The SMILES string of the molecule is O=C(NCF)c1cnccn1. The average Bonchev–Trinajstić information content (AvgIpc) is 2.07. The number of rotatable bonds is 2. The van der Waals surface area contributed by atoms with Crippen LogP contribution in [0.4, 0.5) is 4.39 Å². The van der Waals surface area contributed by atoms with Gasteiger partial charge in [0.25, 0.3) is 5.91 Å². The number of alkyl halides is 1. The zero-order valence-electron chi connectivity index (χ0n) is 5.62. The first kappa shape index (κ1) is 7.59. The van der Waals surface area contributed by atoms with Crippen LogP contribution in [0.25, 0.3) is 0 Å². The van der Waals surface area contributed by atoms with Crippen LogP contribution in [0.3, 0.4) is 0 Å². The molecule has 0 spiro atoms. The summed E-state index contributed by atoms with van der Waals surface area (Å²) in [5.41, 5.74) is 0.116. The Kier molecular flexibility index (Phi) is 2.48. The van der Waals surface area contributed by atoms with Gasteiger partial charge >= 0.3 is 0 Å². The van der Waals surface area contributed by atoms with Gasteiger partial charge in [0.15, 0.2) is 6.80 Å². The van der Waals surface area contributed by atoms with Crippen molar-refractivity contribution in [2.24, 2.45) is 0 Å². The Bertz CT molecular complexity index is 239. The summed E-state index contributed by atoms with van der Waals surface area (Å²) in [5.74, 6) is -0.555. The van der Waals surface area contributed by atoms with E-state index in [9.17, 15) is 9.18 Å². The van der Waals surface area contributed by atoms with Gasteiger partial charge in [0.2, 0.25) is 0 Å². The Hall–Kier alpha value is -1.52. The first-order valence-corrected chi connectivity index (χ1v) is 2.95. The third-order valence-corrected chi connectivity index (χ3v) is 1.02. The van der Waals surface area contributed by atoms with Crippen molar-refractivity contribution < 1.29 is 9.18 Å². The summed E-state index contributed by atoms with van der Waals surface area (Å²) in [5, 5.41) is 1.95. The lowest BCUT2D eigenvalue weighted by molar-refractivity contribution is 0.0932. The molecule has 0 fully saturated rings. The van der Waals surface area contributed by atoms with Gasteiger partial charge in [-0.3, -0.25) is 9.78 Å². The van der Waals surface area contributed by atoms with E-state index in [2.05, 4.69) is 9.97 Å². The Labute approximate surface area is 62.5 Å². The zero-order chi connectivity index (χ0) is 8.10. The van der Waals surface area contributed by atoms with Crippen molar-refractivity contribution in [2.75, 3.05) is 6.80 Å². The van der Waals surface area contributed by atoms with Crippen LogP contribution in [0.15, 0.2) is 18.6 Å². The highest BCUT2D eigenvalue weighted by molar-refractivity contribution is 5.91. The lowest BCUT2D eigenvalue weighted by Gasteiger charge is -1.96. The predicted octanol–water partition coefficient (Wildman–Crippen LogP) is 0.133. The van der Waals surface area contributed by atoms with Gasteiger partial charge in [-0.2, -0.15) is 0 Å². The quantitative estimate of drug-likeness (QED) is 0.618. The van der Waals surface area contributed by atoms with E-state index < -0.39 is 12.7 Å². The van der Waals surface area contributed by atoms with Gasteiger partial charge in [-0.15, -0.1) is 0 Å². The summed E-state index contributed by atoms with van der Waals surface area (Å²) in [6, 6.07) is 0. The maximum absolute atomic E-state index is 11.5. The molecule has 11 heavy (non-hydrogen) atoms. The molecule has 58 valence electrons. The number of carbonyl (C=O) groups excluding carboxylic acids is 1. The van der Waals surface area contributed by atoms with E-state index in [0.717, 1.165) is 0 Å². The van der Waals surface area contributed by atoms with Crippen molar-refractivity contribution >= 4 is 5.91 Å². The van der Waals surface area contributed by atoms with Crippen molar-refractivity contribution in [1.82, 2.24) is 15.3 Å². The molecule has 0 saturated heterocycles. The molecule has 1 N–H and O–H groups in total. The smallest absolute Gasteiger partial charge is 0.273 e. The zero-order valence-corrected chi connectivity index (χ0v) is 5.62. The molecule has 1 amide bonds. The van der Waals surface area contributed by atoms with Crippen LogP contribution >= 0.6 is 0 Å². The van der Waals surface area contributed by atoms with Crippen molar-refractivity contribution in [3.8, 4) is 0 Å². The minimum Gasteiger partial charge on any atom is -0.323 e. The topological polar surface area (TPSA) is 54.9 Å². The minimum atomic E-state index is -0.893. The van der Waals surface area contributed by atoms with E-state index in [-0.39, 0.29) is 5.69 Å². The van der Waals surface area contributed by atoms with E-state index in [1.807, 2.05) is 5.32 Å². The molecular formula is C6H6FN3O. The fourth-order valence-electron chi connectivity index (χ4n) is 0.568. The molecule has 1 rings (SSSR count). The lowest BCUT2D eigenvalue weighted by Crippen LogP contribution is -2.23. The van der Waals surface area contributed by atoms with Crippen molar-refractivity contribution in [2.45, 2.75) is 0 Å². The third-order valence-electron chi connectivity index (χ3n) is 1.02. The molecule has 0 aliphatic carbocycles. The normalized spacial score (nSPS) is 9.18. The second kappa shape index (κ2) is 3.60. The van der Waals surface area contributed by atoms with Crippen LogP contribution in [0.1, 0.15) is 10.5 Å². The highest BCUT2D eigenvalue weighted by Gasteiger charge is 2.03. The van der Waals surface area contributed by atoms with E-state index in [0.29, 0.717) is 0 Å². The van der Waals surface area contributed by atoms with E-state index in [1.165, 1.54) is 18.6 Å². The van der Waals surface area contributed by atoms with E-state index in [4.69, 9.17) is 0 Å². The molecule has 0 bridgehead atoms. The number of nitrogens with one attached hydrogen (secondary N) is 1. The van der Waals surface area contributed by atoms with Crippen LogP contribution in [0, 0.1) is 0 Å². The molecule has 5 heteroatoms. The number of amides is 1. The molecule has 0 aromatic carbocycles. The van der Waals surface area contributed by atoms with Crippen molar-refractivity contribution in [3.63, 3.8) is 0 Å². The Morgan fingerprint density at radius 2 is 2.45 bits per heavy atom. The third kappa shape index (κ3) is 1.96.